The topological polar surface area (TPSA) is 17.1 Å². The summed E-state index contributed by atoms with van der Waals surface area (Å²) in [6.45, 7) is 15.0. The fraction of sp³-hybridized carbons (Fsp3) is 0.737. The molecular formula is C19H28O. The van der Waals surface area contributed by atoms with Crippen LogP contribution in [0, 0.1) is 40.4 Å². The van der Waals surface area contributed by atoms with Gasteiger partial charge in [0.15, 0.2) is 0 Å². The third-order valence-corrected chi connectivity index (χ3v) is 7.14. The summed E-state index contributed by atoms with van der Waals surface area (Å²) in [7, 11) is 0. The van der Waals surface area contributed by atoms with Crippen LogP contribution in [0.5, 0.6) is 0 Å². The predicted molar refractivity (Wildman–Crippen MR) is 83.2 cm³/mol. The van der Waals surface area contributed by atoms with Gasteiger partial charge in [-0.25, -0.2) is 0 Å². The van der Waals surface area contributed by atoms with Gasteiger partial charge in [-0.15, -0.1) is 13.2 Å². The maximum atomic E-state index is 13.1. The van der Waals surface area contributed by atoms with Crippen molar-refractivity contribution in [2.45, 2.75) is 46.5 Å². The van der Waals surface area contributed by atoms with Crippen LogP contribution < -0.4 is 0 Å². The van der Waals surface area contributed by atoms with Crippen molar-refractivity contribution in [1.82, 2.24) is 0 Å². The summed E-state index contributed by atoms with van der Waals surface area (Å²) in [5.74, 6) is 3.25. The monoisotopic (exact) mass is 272 g/mol. The summed E-state index contributed by atoms with van der Waals surface area (Å²) in [5.41, 5.74) is 0.260. The largest absolute Gasteiger partial charge is 0.299 e. The van der Waals surface area contributed by atoms with Gasteiger partial charge >= 0.3 is 0 Å². The van der Waals surface area contributed by atoms with Gasteiger partial charge in [0.2, 0.25) is 0 Å². The summed E-state index contributed by atoms with van der Waals surface area (Å²) in [5, 5.41) is 0. The van der Waals surface area contributed by atoms with Gasteiger partial charge in [-0.05, 0) is 54.3 Å². The van der Waals surface area contributed by atoms with Crippen molar-refractivity contribution in [2.75, 3.05) is 0 Å². The standard InChI is InChI=1S/C19H28O/c1-6-13-9-14(7-2)19(11-13)12(3)8-15-16(10-17(19)20)18(15,4)5/h6-7,12-16H,1-2,8-11H2,3-5H3/t12-,13+,14-,15-,16+,19-/m1/s1. The zero-order valence-corrected chi connectivity index (χ0v) is 13.2. The predicted octanol–water partition coefficient (Wildman–Crippen LogP) is 4.64. The van der Waals surface area contributed by atoms with Crippen LogP contribution in [0.3, 0.4) is 0 Å². The van der Waals surface area contributed by atoms with Gasteiger partial charge in [-0.2, -0.15) is 0 Å². The van der Waals surface area contributed by atoms with Gasteiger partial charge < -0.3 is 0 Å². The Labute approximate surface area is 123 Å². The van der Waals surface area contributed by atoms with Crippen LogP contribution in [0.15, 0.2) is 25.3 Å². The van der Waals surface area contributed by atoms with Crippen LogP contribution in [-0.2, 0) is 4.79 Å². The number of hydrogen-bond acceptors (Lipinski definition) is 1. The van der Waals surface area contributed by atoms with E-state index < -0.39 is 0 Å². The Morgan fingerprint density at radius 2 is 1.85 bits per heavy atom. The molecule has 1 heteroatoms. The van der Waals surface area contributed by atoms with Crippen molar-refractivity contribution in [3.05, 3.63) is 25.3 Å². The number of hydrogen-bond donors (Lipinski definition) is 0. The van der Waals surface area contributed by atoms with Crippen LogP contribution in [0.2, 0.25) is 0 Å². The zero-order valence-electron chi connectivity index (χ0n) is 13.2. The van der Waals surface area contributed by atoms with E-state index in [4.69, 9.17) is 0 Å². The molecule has 0 aliphatic heterocycles. The van der Waals surface area contributed by atoms with E-state index in [1.807, 2.05) is 0 Å². The minimum absolute atomic E-state index is 0.135. The quantitative estimate of drug-likeness (QED) is 0.669. The smallest absolute Gasteiger partial charge is 0.140 e. The second kappa shape index (κ2) is 4.32. The first-order chi connectivity index (χ1) is 9.37. The molecule has 6 atom stereocenters. The molecule has 3 aliphatic carbocycles. The van der Waals surface area contributed by atoms with Crippen molar-refractivity contribution in [3.8, 4) is 0 Å². The minimum atomic E-state index is -0.135. The second-order valence-electron chi connectivity index (χ2n) is 8.12. The third-order valence-electron chi connectivity index (χ3n) is 7.14. The van der Waals surface area contributed by atoms with Gasteiger partial charge in [-0.3, -0.25) is 4.79 Å². The van der Waals surface area contributed by atoms with Crippen LogP contribution in [-0.4, -0.2) is 5.78 Å². The van der Waals surface area contributed by atoms with Crippen molar-refractivity contribution in [3.63, 3.8) is 0 Å². The van der Waals surface area contributed by atoms with Gasteiger partial charge in [0.1, 0.15) is 5.78 Å². The lowest BCUT2D eigenvalue weighted by atomic mass is 9.64. The van der Waals surface area contributed by atoms with E-state index in [2.05, 4.69) is 46.1 Å². The zero-order chi connectivity index (χ0) is 14.7. The van der Waals surface area contributed by atoms with Crippen molar-refractivity contribution >= 4 is 5.78 Å². The Morgan fingerprint density at radius 1 is 1.15 bits per heavy atom. The molecule has 0 aromatic rings. The molecule has 0 saturated heterocycles. The summed E-state index contributed by atoms with van der Waals surface area (Å²) >= 11 is 0. The highest BCUT2D eigenvalue weighted by atomic mass is 16.1. The molecular weight excluding hydrogens is 244 g/mol. The van der Waals surface area contributed by atoms with E-state index in [0.717, 1.165) is 25.2 Å². The van der Waals surface area contributed by atoms with Gasteiger partial charge in [0, 0.05) is 11.8 Å². The van der Waals surface area contributed by atoms with Crippen LogP contribution in [0.4, 0.5) is 0 Å². The lowest BCUT2D eigenvalue weighted by molar-refractivity contribution is -0.133. The number of rotatable bonds is 2. The summed E-state index contributed by atoms with van der Waals surface area (Å²) in [4.78, 5) is 13.1. The molecule has 1 spiro atoms. The number of fused-ring (bicyclic) bond motifs is 1. The van der Waals surface area contributed by atoms with Gasteiger partial charge in [-0.1, -0.05) is 32.9 Å². The van der Waals surface area contributed by atoms with Crippen LogP contribution in [0.1, 0.15) is 46.5 Å². The highest BCUT2D eigenvalue weighted by molar-refractivity contribution is 5.87. The van der Waals surface area contributed by atoms with Crippen molar-refractivity contribution in [1.29, 1.82) is 0 Å². The molecule has 0 aromatic heterocycles. The van der Waals surface area contributed by atoms with Gasteiger partial charge in [0.25, 0.3) is 0 Å². The fourth-order valence-electron chi connectivity index (χ4n) is 5.56. The summed E-state index contributed by atoms with van der Waals surface area (Å²) in [6.07, 6.45) is 8.21. The van der Waals surface area contributed by atoms with Crippen molar-refractivity contribution < 1.29 is 4.79 Å². The van der Waals surface area contributed by atoms with E-state index in [-0.39, 0.29) is 5.41 Å². The molecule has 0 aromatic carbocycles. The highest BCUT2D eigenvalue weighted by Gasteiger charge is 2.65. The highest BCUT2D eigenvalue weighted by Crippen LogP contribution is 2.68. The van der Waals surface area contributed by atoms with Gasteiger partial charge in [0.05, 0.1) is 0 Å². The first-order valence-corrected chi connectivity index (χ1v) is 8.16. The fourth-order valence-corrected chi connectivity index (χ4v) is 5.56. The van der Waals surface area contributed by atoms with Crippen LogP contribution >= 0.6 is 0 Å². The molecule has 1 nitrogen and oxygen atoms in total. The average molecular weight is 272 g/mol. The van der Waals surface area contributed by atoms with Crippen molar-refractivity contribution in [2.24, 2.45) is 40.4 Å². The van der Waals surface area contributed by atoms with E-state index in [1.165, 1.54) is 6.42 Å². The lowest BCUT2D eigenvalue weighted by Gasteiger charge is -2.38. The molecule has 20 heavy (non-hydrogen) atoms. The molecule has 0 heterocycles. The number of ketones is 1. The molecule has 0 bridgehead atoms. The maximum Gasteiger partial charge on any atom is 0.140 e. The molecule has 0 N–H and O–H groups in total. The molecule has 3 fully saturated rings. The number of carbonyl (C=O) groups excluding carboxylic acids is 1. The Morgan fingerprint density at radius 3 is 2.45 bits per heavy atom. The Bertz CT molecular complexity index is 460. The molecule has 0 unspecified atom stereocenters. The first kappa shape index (κ1) is 14.1. The summed E-state index contributed by atoms with van der Waals surface area (Å²) in [6, 6.07) is 0. The lowest BCUT2D eigenvalue weighted by Crippen LogP contribution is -2.40. The van der Waals surface area contributed by atoms with E-state index in [1.54, 1.807) is 0 Å². The SMILES string of the molecule is C=C[C@H]1C[C@@H](C=C)[C@]2(C1)C(=O)C[C@H]1[C@@H](C[C@H]2C)C1(C)C. The normalized spacial score (nSPS) is 49.5. The first-order valence-electron chi connectivity index (χ1n) is 8.16. The number of allylic oxidation sites excluding steroid dienone is 2. The van der Waals surface area contributed by atoms with E-state index in [0.29, 0.717) is 34.9 Å². The molecule has 110 valence electrons. The van der Waals surface area contributed by atoms with Crippen LogP contribution in [0.25, 0.3) is 0 Å². The Kier molecular flexibility index (Phi) is 3.05. The number of carbonyl (C=O) groups is 1. The molecule has 3 saturated carbocycles. The Hall–Kier alpha value is -0.850. The van der Waals surface area contributed by atoms with E-state index in [9.17, 15) is 4.79 Å². The maximum absolute atomic E-state index is 13.1. The average Bonchev–Trinajstić information content (AvgIpc) is 2.80. The Balaban J connectivity index is 1.95. The molecule has 3 aliphatic rings. The minimum Gasteiger partial charge on any atom is -0.299 e. The number of Topliss-reactive ketones (excluding diaryl/α,β-unsaturated/α-hetero) is 1. The second-order valence-corrected chi connectivity index (χ2v) is 8.12. The van der Waals surface area contributed by atoms with E-state index >= 15 is 0 Å². The third kappa shape index (κ3) is 1.64. The molecule has 0 radical (unpaired) electrons. The summed E-state index contributed by atoms with van der Waals surface area (Å²) < 4.78 is 0. The molecule has 0 amide bonds. The molecule has 3 rings (SSSR count).